The molecule has 322 valence electrons. The molecule has 1 unspecified atom stereocenters. The zero-order chi connectivity index (χ0) is 42.5. The van der Waals surface area contributed by atoms with Crippen LogP contribution in [0, 0.1) is 5.92 Å². The molecule has 0 aliphatic carbocycles. The summed E-state index contributed by atoms with van der Waals surface area (Å²) in [5, 5.41) is 11.1. The molecular formula is C45H55N9O7. The van der Waals surface area contributed by atoms with Gasteiger partial charge in [-0.3, -0.25) is 38.9 Å². The molecule has 3 saturated heterocycles. The molecule has 4 aliphatic rings. The standard InChI is InChI=1S/C45H55N9O7/c1-49(2)45(59)39-29-35-26-34(33-7-4-16-53(30-33)41(56)13-19-54-20-14-46-48-54)28-38(42(35)61-39)51-17-11-31(12-18-51)44(58)52-23-21-50(22-24-52)15-5-25-60-36-8-3-6-32(27-36)37-9-10-40(55)47-43(37)57/h3,6-8,14,20,26-29,31,37H,4-5,9-13,15-19,21-25,30H2,1-2H3,(H,47,55,57). The number of amides is 5. The van der Waals surface area contributed by atoms with Gasteiger partial charge in [0, 0.05) is 103 Å². The van der Waals surface area contributed by atoms with Crippen molar-refractivity contribution in [2.75, 3.05) is 84.5 Å². The summed E-state index contributed by atoms with van der Waals surface area (Å²) in [5.74, 6) is 0.179. The largest absolute Gasteiger partial charge is 0.494 e. The molecule has 8 rings (SSSR count). The predicted molar refractivity (Wildman–Crippen MR) is 228 cm³/mol. The average molecular weight is 834 g/mol. The van der Waals surface area contributed by atoms with Gasteiger partial charge in [0.05, 0.1) is 31.0 Å². The number of hydrogen-bond acceptors (Lipinski definition) is 11. The maximum absolute atomic E-state index is 13.8. The van der Waals surface area contributed by atoms with Crippen LogP contribution in [0.4, 0.5) is 5.69 Å². The molecule has 1 atom stereocenters. The van der Waals surface area contributed by atoms with Crippen molar-refractivity contribution in [1.82, 2.24) is 39.9 Å². The minimum Gasteiger partial charge on any atom is -0.494 e. The smallest absolute Gasteiger partial charge is 0.289 e. The highest BCUT2D eigenvalue weighted by molar-refractivity contribution is 6.01. The number of ether oxygens (including phenoxy) is 1. The maximum atomic E-state index is 13.8. The van der Waals surface area contributed by atoms with Gasteiger partial charge in [0.1, 0.15) is 5.75 Å². The second-order valence-electron chi connectivity index (χ2n) is 16.7. The van der Waals surface area contributed by atoms with Gasteiger partial charge in [-0.05, 0) is 79.1 Å². The Balaban J connectivity index is 0.839. The van der Waals surface area contributed by atoms with Crippen molar-refractivity contribution in [2.24, 2.45) is 5.92 Å². The van der Waals surface area contributed by atoms with Gasteiger partial charge in [0.25, 0.3) is 5.91 Å². The van der Waals surface area contributed by atoms with Crippen molar-refractivity contribution in [3.63, 3.8) is 0 Å². The summed E-state index contributed by atoms with van der Waals surface area (Å²) in [6.07, 6.45) is 9.75. The van der Waals surface area contributed by atoms with Gasteiger partial charge in [-0.1, -0.05) is 23.4 Å². The first-order chi connectivity index (χ1) is 29.6. The summed E-state index contributed by atoms with van der Waals surface area (Å²) in [7, 11) is 3.41. The molecule has 61 heavy (non-hydrogen) atoms. The van der Waals surface area contributed by atoms with E-state index in [1.54, 1.807) is 31.2 Å². The molecule has 0 saturated carbocycles. The number of aromatic nitrogens is 3. The Labute approximate surface area is 355 Å². The van der Waals surface area contributed by atoms with E-state index >= 15 is 0 Å². The normalized spacial score (nSPS) is 19.2. The number of piperazine rings is 1. The lowest BCUT2D eigenvalue weighted by Gasteiger charge is -2.39. The molecule has 0 bridgehead atoms. The lowest BCUT2D eigenvalue weighted by Crippen LogP contribution is -2.51. The van der Waals surface area contributed by atoms with Crippen LogP contribution < -0.4 is 15.0 Å². The number of rotatable bonds is 13. The molecule has 2 aromatic heterocycles. The second-order valence-corrected chi connectivity index (χ2v) is 16.7. The van der Waals surface area contributed by atoms with Crippen molar-refractivity contribution < 1.29 is 33.1 Å². The summed E-state index contributed by atoms with van der Waals surface area (Å²) >= 11 is 0. The van der Waals surface area contributed by atoms with Crippen LogP contribution >= 0.6 is 0 Å². The van der Waals surface area contributed by atoms with E-state index in [1.165, 1.54) is 4.90 Å². The maximum Gasteiger partial charge on any atom is 0.289 e. The summed E-state index contributed by atoms with van der Waals surface area (Å²) in [6.45, 7) is 7.39. The quantitative estimate of drug-likeness (QED) is 0.154. The molecule has 16 nitrogen and oxygen atoms in total. The van der Waals surface area contributed by atoms with Gasteiger partial charge in [-0.2, -0.15) is 0 Å². The number of piperidine rings is 2. The van der Waals surface area contributed by atoms with Crippen LogP contribution in [-0.4, -0.2) is 144 Å². The highest BCUT2D eigenvalue weighted by Gasteiger charge is 2.33. The van der Waals surface area contributed by atoms with Gasteiger partial charge in [-0.25, -0.2) is 0 Å². The Morgan fingerprint density at radius 3 is 2.51 bits per heavy atom. The summed E-state index contributed by atoms with van der Waals surface area (Å²) < 4.78 is 14.0. The Morgan fingerprint density at radius 2 is 1.75 bits per heavy atom. The molecule has 4 aromatic rings. The molecule has 6 heterocycles. The third-order valence-corrected chi connectivity index (χ3v) is 12.4. The molecule has 16 heteroatoms. The fourth-order valence-electron chi connectivity index (χ4n) is 8.90. The van der Waals surface area contributed by atoms with Crippen LogP contribution in [0.15, 0.2) is 65.4 Å². The Hall–Kier alpha value is -6.03. The number of imide groups is 1. The van der Waals surface area contributed by atoms with E-state index in [4.69, 9.17) is 9.15 Å². The van der Waals surface area contributed by atoms with Crippen molar-refractivity contribution in [2.45, 2.75) is 57.4 Å². The fourth-order valence-corrected chi connectivity index (χ4v) is 8.90. The van der Waals surface area contributed by atoms with Crippen molar-refractivity contribution in [3.05, 3.63) is 77.8 Å². The highest BCUT2D eigenvalue weighted by atomic mass is 16.5. The number of aryl methyl sites for hydroxylation is 1. The zero-order valence-corrected chi connectivity index (χ0v) is 35.1. The number of carbonyl (C=O) groups is 5. The molecule has 4 aliphatic heterocycles. The van der Waals surface area contributed by atoms with E-state index in [-0.39, 0.29) is 47.1 Å². The van der Waals surface area contributed by atoms with Crippen LogP contribution in [0.25, 0.3) is 16.5 Å². The number of anilines is 1. The molecule has 3 fully saturated rings. The lowest BCUT2D eigenvalue weighted by atomic mass is 9.90. The van der Waals surface area contributed by atoms with Crippen molar-refractivity contribution in [3.8, 4) is 5.75 Å². The summed E-state index contributed by atoms with van der Waals surface area (Å²) in [6, 6.07) is 13.6. The molecule has 1 N–H and O–H groups in total. The van der Waals surface area contributed by atoms with Gasteiger partial charge in [0.15, 0.2) is 11.3 Å². The number of fused-ring (bicyclic) bond motifs is 1. The van der Waals surface area contributed by atoms with Gasteiger partial charge in [-0.15, -0.1) is 5.10 Å². The van der Waals surface area contributed by atoms with E-state index < -0.39 is 0 Å². The molecule has 2 aromatic carbocycles. The van der Waals surface area contributed by atoms with E-state index in [1.807, 2.05) is 40.1 Å². The Morgan fingerprint density at radius 1 is 0.934 bits per heavy atom. The molecular weight excluding hydrogens is 779 g/mol. The van der Waals surface area contributed by atoms with Crippen LogP contribution in [0.3, 0.4) is 0 Å². The van der Waals surface area contributed by atoms with Gasteiger partial charge in [0.2, 0.25) is 23.6 Å². The Bertz CT molecular complexity index is 2270. The lowest BCUT2D eigenvalue weighted by molar-refractivity contribution is -0.138. The number of hydrogen-bond donors (Lipinski definition) is 1. The van der Waals surface area contributed by atoms with Gasteiger partial charge >= 0.3 is 0 Å². The first-order valence-corrected chi connectivity index (χ1v) is 21.5. The van der Waals surface area contributed by atoms with Gasteiger partial charge < -0.3 is 28.8 Å². The molecule has 0 radical (unpaired) electrons. The van der Waals surface area contributed by atoms with Crippen LogP contribution in [-0.2, 0) is 25.7 Å². The van der Waals surface area contributed by atoms with Crippen LogP contribution in [0.1, 0.15) is 72.5 Å². The minimum atomic E-state index is -0.341. The van der Waals surface area contributed by atoms with E-state index in [2.05, 4.69) is 43.6 Å². The summed E-state index contributed by atoms with van der Waals surface area (Å²) in [5.41, 5.74) is 4.45. The fraction of sp³-hybridized carbons (Fsp3) is 0.489. The summed E-state index contributed by atoms with van der Waals surface area (Å²) in [4.78, 5) is 74.0. The highest BCUT2D eigenvalue weighted by Crippen LogP contribution is 2.37. The molecule has 5 amide bonds. The SMILES string of the molecule is CN(C)C(=O)c1cc2cc(C3=CCCN(C(=O)CCn4ccnn4)C3)cc(N3CCC(C(=O)N4CCN(CCCOc5cccc(C6CCC(=O)NC6=O)c5)CC4)CC3)c2o1. The zero-order valence-electron chi connectivity index (χ0n) is 35.1. The number of nitrogens with one attached hydrogen (secondary N) is 1. The second kappa shape index (κ2) is 18.7. The first-order valence-electron chi connectivity index (χ1n) is 21.5. The van der Waals surface area contributed by atoms with E-state index in [0.717, 1.165) is 60.2 Å². The number of furan rings is 1. The average Bonchev–Trinajstić information content (AvgIpc) is 3.97. The van der Waals surface area contributed by atoms with Crippen molar-refractivity contribution in [1.29, 1.82) is 0 Å². The number of benzene rings is 2. The topological polar surface area (TPSA) is 167 Å². The predicted octanol–water partition coefficient (Wildman–Crippen LogP) is 3.78. The number of carbonyl (C=O) groups excluding carboxylic acids is 5. The third-order valence-electron chi connectivity index (χ3n) is 12.4. The monoisotopic (exact) mass is 833 g/mol. The number of nitrogens with zero attached hydrogens (tertiary/aromatic N) is 8. The van der Waals surface area contributed by atoms with E-state index in [0.29, 0.717) is 95.9 Å². The Kier molecular flexibility index (Phi) is 12.8. The third kappa shape index (κ3) is 9.80. The van der Waals surface area contributed by atoms with Crippen LogP contribution in [0.5, 0.6) is 5.75 Å². The first kappa shape index (κ1) is 41.7. The van der Waals surface area contributed by atoms with Crippen molar-refractivity contribution >= 4 is 51.8 Å². The minimum absolute atomic E-state index is 0.0635. The van der Waals surface area contributed by atoms with E-state index in [9.17, 15) is 24.0 Å². The van der Waals surface area contributed by atoms with Crippen LogP contribution in [0.2, 0.25) is 0 Å². The molecule has 0 spiro atoms.